The number of aliphatic imine (C=N–C) groups is 1. The van der Waals surface area contributed by atoms with E-state index in [2.05, 4.69) is 27.5 Å². The molecule has 1 aromatic heterocycles. The molecule has 0 aliphatic heterocycles. The minimum atomic E-state index is -3.73. The van der Waals surface area contributed by atoms with Crippen molar-refractivity contribution >= 4 is 33.2 Å². The van der Waals surface area contributed by atoms with Crippen LogP contribution in [0.4, 0.5) is 0 Å². The zero-order chi connectivity index (χ0) is 21.4. The first-order chi connectivity index (χ1) is 13.7. The van der Waals surface area contributed by atoms with E-state index in [1.54, 1.807) is 37.6 Å². The van der Waals surface area contributed by atoms with Crippen LogP contribution in [0.15, 0.2) is 40.4 Å². The van der Waals surface area contributed by atoms with Gasteiger partial charge < -0.3 is 15.5 Å². The van der Waals surface area contributed by atoms with Gasteiger partial charge in [-0.05, 0) is 24.1 Å². The lowest BCUT2D eigenvalue weighted by molar-refractivity contribution is -0.127. The molecule has 0 atom stereocenters. The second-order valence-corrected chi connectivity index (χ2v) is 9.18. The zero-order valence-electron chi connectivity index (χ0n) is 16.7. The Hall–Kier alpha value is -2.50. The van der Waals surface area contributed by atoms with Crippen LogP contribution in [0.2, 0.25) is 0 Å². The molecule has 0 saturated heterocycles. The highest BCUT2D eigenvalue weighted by atomic mass is 32.2. The molecule has 0 bridgehead atoms. The predicted molar refractivity (Wildman–Crippen MR) is 114 cm³/mol. The third-order valence-corrected chi connectivity index (χ3v) is 6.01. The highest BCUT2D eigenvalue weighted by Gasteiger charge is 2.09. The summed E-state index contributed by atoms with van der Waals surface area (Å²) in [4.78, 5) is 23.5. The van der Waals surface area contributed by atoms with Crippen LogP contribution in [0.25, 0.3) is 0 Å². The Morgan fingerprint density at radius 3 is 2.48 bits per heavy atom. The predicted octanol–water partition coefficient (Wildman–Crippen LogP) is 0.677. The molecular formula is C18H26N6O3S2. The number of aryl methyl sites for hydroxylation is 1. The van der Waals surface area contributed by atoms with Crippen LogP contribution in [-0.2, 0) is 34.3 Å². The second-order valence-electron chi connectivity index (χ2n) is 6.42. The Labute approximate surface area is 175 Å². The molecule has 158 valence electrons. The van der Waals surface area contributed by atoms with Gasteiger partial charge in [0.25, 0.3) is 0 Å². The van der Waals surface area contributed by atoms with E-state index in [0.717, 1.165) is 17.0 Å². The number of carbonyl (C=O) groups is 1. The third kappa shape index (κ3) is 7.44. The molecule has 0 fully saturated rings. The van der Waals surface area contributed by atoms with Gasteiger partial charge in [0.05, 0.1) is 24.5 Å². The van der Waals surface area contributed by atoms with Gasteiger partial charge >= 0.3 is 0 Å². The molecule has 4 N–H and O–H groups in total. The van der Waals surface area contributed by atoms with Crippen molar-refractivity contribution in [2.45, 2.75) is 31.3 Å². The molecule has 0 spiro atoms. The van der Waals surface area contributed by atoms with E-state index in [-0.39, 0.29) is 17.3 Å². The fourth-order valence-corrected chi connectivity index (χ4v) is 3.52. The molecular weight excluding hydrogens is 412 g/mol. The second kappa shape index (κ2) is 10.3. The molecule has 0 saturated carbocycles. The summed E-state index contributed by atoms with van der Waals surface area (Å²) in [7, 11) is -0.358. The van der Waals surface area contributed by atoms with Crippen molar-refractivity contribution in [3.05, 3.63) is 45.9 Å². The first-order valence-electron chi connectivity index (χ1n) is 8.96. The summed E-state index contributed by atoms with van der Waals surface area (Å²) in [6.45, 7) is 2.96. The van der Waals surface area contributed by atoms with Crippen LogP contribution < -0.4 is 15.8 Å². The van der Waals surface area contributed by atoms with Crippen molar-refractivity contribution in [3.8, 4) is 0 Å². The molecule has 0 aliphatic carbocycles. The van der Waals surface area contributed by atoms with Gasteiger partial charge in [0.15, 0.2) is 5.96 Å². The van der Waals surface area contributed by atoms with E-state index in [9.17, 15) is 13.2 Å². The van der Waals surface area contributed by atoms with Crippen molar-refractivity contribution in [2.24, 2.45) is 10.1 Å². The SMILES string of the molecule is CCc1cnc(CNC(=NCc2ccc(S(N)(=O)=O)cc2)NCC(=O)N(C)C)s1. The van der Waals surface area contributed by atoms with Gasteiger partial charge in [-0.1, -0.05) is 19.1 Å². The van der Waals surface area contributed by atoms with Crippen LogP contribution in [0.3, 0.4) is 0 Å². The Kier molecular flexibility index (Phi) is 8.11. The van der Waals surface area contributed by atoms with Crippen LogP contribution >= 0.6 is 11.3 Å². The van der Waals surface area contributed by atoms with Crippen LogP contribution in [0.5, 0.6) is 0 Å². The van der Waals surface area contributed by atoms with Gasteiger partial charge in [0.1, 0.15) is 5.01 Å². The van der Waals surface area contributed by atoms with Crippen molar-refractivity contribution < 1.29 is 13.2 Å². The number of guanidine groups is 1. The molecule has 11 heteroatoms. The molecule has 2 rings (SSSR count). The summed E-state index contributed by atoms with van der Waals surface area (Å²) in [6.07, 6.45) is 2.79. The summed E-state index contributed by atoms with van der Waals surface area (Å²) in [5.74, 6) is 0.378. The molecule has 9 nitrogen and oxygen atoms in total. The molecule has 0 radical (unpaired) electrons. The van der Waals surface area contributed by atoms with Crippen LogP contribution in [0.1, 0.15) is 22.4 Å². The highest BCUT2D eigenvalue weighted by molar-refractivity contribution is 7.89. The molecule has 1 heterocycles. The Balaban J connectivity index is 2.06. The van der Waals surface area contributed by atoms with Crippen molar-refractivity contribution in [2.75, 3.05) is 20.6 Å². The molecule has 2 aromatic rings. The number of primary sulfonamides is 1. The number of rotatable bonds is 8. The molecule has 0 aliphatic rings. The Morgan fingerprint density at radius 1 is 1.24 bits per heavy atom. The fraction of sp³-hybridized carbons (Fsp3) is 0.389. The van der Waals surface area contributed by atoms with E-state index >= 15 is 0 Å². The first-order valence-corrected chi connectivity index (χ1v) is 11.3. The lowest BCUT2D eigenvalue weighted by Crippen LogP contribution is -2.42. The van der Waals surface area contributed by atoms with E-state index in [4.69, 9.17) is 5.14 Å². The van der Waals surface area contributed by atoms with E-state index in [0.29, 0.717) is 19.0 Å². The maximum atomic E-state index is 11.9. The minimum Gasteiger partial charge on any atom is -0.350 e. The van der Waals surface area contributed by atoms with Gasteiger partial charge in [-0.25, -0.2) is 23.5 Å². The number of thiazole rings is 1. The van der Waals surface area contributed by atoms with Crippen LogP contribution in [0, 0.1) is 0 Å². The molecule has 1 amide bonds. The molecule has 1 aromatic carbocycles. The average molecular weight is 439 g/mol. The number of amides is 1. The fourth-order valence-electron chi connectivity index (χ4n) is 2.20. The monoisotopic (exact) mass is 438 g/mol. The maximum Gasteiger partial charge on any atom is 0.241 e. The first kappa shape index (κ1) is 22.8. The number of likely N-dealkylation sites (N-methyl/N-ethyl adjacent to an activating group) is 1. The van der Waals surface area contributed by atoms with Crippen molar-refractivity contribution in [3.63, 3.8) is 0 Å². The van der Waals surface area contributed by atoms with E-state index < -0.39 is 10.0 Å². The quantitative estimate of drug-likeness (QED) is 0.410. The number of sulfonamides is 1. The Bertz CT molecular complexity index is 952. The maximum absolute atomic E-state index is 11.9. The van der Waals surface area contributed by atoms with Crippen LogP contribution in [-0.4, -0.2) is 50.8 Å². The number of nitrogens with two attached hydrogens (primary N) is 1. The smallest absolute Gasteiger partial charge is 0.241 e. The zero-order valence-corrected chi connectivity index (χ0v) is 18.3. The van der Waals surface area contributed by atoms with Crippen molar-refractivity contribution in [1.29, 1.82) is 0 Å². The number of hydrogen-bond acceptors (Lipinski definition) is 6. The minimum absolute atomic E-state index is 0.0498. The van der Waals surface area contributed by atoms with Gasteiger partial charge in [-0.2, -0.15) is 0 Å². The van der Waals surface area contributed by atoms with Gasteiger partial charge in [-0.3, -0.25) is 4.79 Å². The summed E-state index contributed by atoms with van der Waals surface area (Å²) in [5.41, 5.74) is 0.806. The van der Waals surface area contributed by atoms with E-state index in [1.165, 1.54) is 21.9 Å². The lowest BCUT2D eigenvalue weighted by atomic mass is 10.2. The Morgan fingerprint density at radius 2 is 1.93 bits per heavy atom. The number of aromatic nitrogens is 1. The van der Waals surface area contributed by atoms with Gasteiger partial charge in [-0.15, -0.1) is 11.3 Å². The number of hydrogen-bond donors (Lipinski definition) is 3. The normalized spacial score (nSPS) is 11.9. The highest BCUT2D eigenvalue weighted by Crippen LogP contribution is 2.13. The topological polar surface area (TPSA) is 130 Å². The number of nitrogens with one attached hydrogen (secondary N) is 2. The van der Waals surface area contributed by atoms with E-state index in [1.807, 2.05) is 6.20 Å². The van der Waals surface area contributed by atoms with Crippen molar-refractivity contribution in [1.82, 2.24) is 20.5 Å². The summed E-state index contributed by atoms with van der Waals surface area (Å²) >= 11 is 1.62. The molecule has 0 unspecified atom stereocenters. The summed E-state index contributed by atoms with van der Waals surface area (Å²) in [5, 5.41) is 12.2. The molecule has 29 heavy (non-hydrogen) atoms. The summed E-state index contributed by atoms with van der Waals surface area (Å²) < 4.78 is 22.7. The number of benzene rings is 1. The third-order valence-electron chi connectivity index (χ3n) is 3.93. The summed E-state index contributed by atoms with van der Waals surface area (Å²) in [6, 6.07) is 6.19. The van der Waals surface area contributed by atoms with Gasteiger partial charge in [0.2, 0.25) is 15.9 Å². The number of nitrogens with zero attached hydrogens (tertiary/aromatic N) is 3. The largest absolute Gasteiger partial charge is 0.350 e. The standard InChI is InChI=1S/C18H26N6O3S2/c1-4-14-10-20-16(28-14)11-22-18(23-12-17(25)24(2)3)21-9-13-5-7-15(8-6-13)29(19,26)27/h5-8,10H,4,9,11-12H2,1-3H3,(H2,19,26,27)(H2,21,22,23). The lowest BCUT2D eigenvalue weighted by Gasteiger charge is -2.14. The average Bonchev–Trinajstić information content (AvgIpc) is 3.14. The van der Waals surface area contributed by atoms with Gasteiger partial charge in [0, 0.05) is 25.2 Å². The number of carbonyl (C=O) groups excluding carboxylic acids is 1.